The summed E-state index contributed by atoms with van der Waals surface area (Å²) in [7, 11) is -3.32. The number of sulfonamides is 1. The van der Waals surface area contributed by atoms with Crippen molar-refractivity contribution in [3.05, 3.63) is 60.2 Å². The summed E-state index contributed by atoms with van der Waals surface area (Å²) in [6.07, 6.45) is 2.76. The fourth-order valence-electron chi connectivity index (χ4n) is 3.01. The van der Waals surface area contributed by atoms with Crippen molar-refractivity contribution in [3.8, 4) is 11.3 Å². The highest BCUT2D eigenvalue weighted by atomic mass is 32.2. The first-order valence-electron chi connectivity index (χ1n) is 9.06. The molecule has 8 nitrogen and oxygen atoms in total. The minimum absolute atomic E-state index is 0.188. The van der Waals surface area contributed by atoms with Crippen LogP contribution in [0.3, 0.4) is 0 Å². The molecule has 30 heavy (non-hydrogen) atoms. The standard InChI is InChI=1S/C20H19N5O3S2/c1-13(25-12-21-16-5-3-4-6-18(16)25)19(26)23-20-22-17(11-29-20)14-7-9-15(10-8-14)24-30(2,27)28/h3-13,24H,1-2H3,(H,22,23,26). The lowest BCUT2D eigenvalue weighted by atomic mass is 10.1. The van der Waals surface area contributed by atoms with E-state index in [-0.39, 0.29) is 5.91 Å². The zero-order valence-corrected chi connectivity index (χ0v) is 17.9. The first-order valence-corrected chi connectivity index (χ1v) is 11.8. The van der Waals surface area contributed by atoms with Crippen LogP contribution in [0.2, 0.25) is 0 Å². The number of anilines is 2. The highest BCUT2D eigenvalue weighted by Gasteiger charge is 2.18. The molecule has 1 unspecified atom stereocenters. The van der Waals surface area contributed by atoms with Gasteiger partial charge >= 0.3 is 0 Å². The van der Waals surface area contributed by atoms with E-state index in [1.54, 1.807) is 30.6 Å². The summed E-state index contributed by atoms with van der Waals surface area (Å²) in [6, 6.07) is 14.1. The van der Waals surface area contributed by atoms with Gasteiger partial charge in [-0.25, -0.2) is 18.4 Å². The molecule has 2 N–H and O–H groups in total. The third-order valence-electron chi connectivity index (χ3n) is 4.50. The Morgan fingerprint density at radius 3 is 2.60 bits per heavy atom. The van der Waals surface area contributed by atoms with Crippen LogP contribution in [0, 0.1) is 0 Å². The molecule has 0 saturated carbocycles. The lowest BCUT2D eigenvalue weighted by Crippen LogP contribution is -2.23. The molecule has 0 radical (unpaired) electrons. The number of thiazole rings is 1. The second-order valence-electron chi connectivity index (χ2n) is 6.80. The number of rotatable bonds is 6. The zero-order valence-electron chi connectivity index (χ0n) is 16.2. The third-order valence-corrected chi connectivity index (χ3v) is 5.86. The summed E-state index contributed by atoms with van der Waals surface area (Å²) in [5.74, 6) is -0.188. The van der Waals surface area contributed by atoms with Crippen molar-refractivity contribution in [1.29, 1.82) is 0 Å². The Balaban J connectivity index is 1.47. The van der Waals surface area contributed by atoms with E-state index in [0.717, 1.165) is 22.9 Å². The first kappa shape index (κ1) is 20.0. The number of fused-ring (bicyclic) bond motifs is 1. The highest BCUT2D eigenvalue weighted by molar-refractivity contribution is 7.92. The lowest BCUT2D eigenvalue weighted by molar-refractivity contribution is -0.118. The summed E-state index contributed by atoms with van der Waals surface area (Å²) in [5.41, 5.74) is 3.72. The molecule has 0 aliphatic rings. The molecule has 2 aromatic heterocycles. The largest absolute Gasteiger partial charge is 0.318 e. The van der Waals surface area contributed by atoms with Crippen molar-refractivity contribution in [2.45, 2.75) is 13.0 Å². The Bertz CT molecular complexity index is 1310. The number of imidazole rings is 1. The zero-order chi connectivity index (χ0) is 21.3. The lowest BCUT2D eigenvalue weighted by Gasteiger charge is -2.13. The van der Waals surface area contributed by atoms with Crippen LogP contribution in [0.1, 0.15) is 13.0 Å². The molecule has 0 saturated heterocycles. The molecule has 0 aliphatic carbocycles. The van der Waals surface area contributed by atoms with Gasteiger partial charge in [-0.05, 0) is 31.2 Å². The molecule has 4 rings (SSSR count). The van der Waals surface area contributed by atoms with Crippen molar-refractivity contribution >= 4 is 49.1 Å². The second-order valence-corrected chi connectivity index (χ2v) is 9.40. The average molecular weight is 442 g/mol. The number of nitrogens with one attached hydrogen (secondary N) is 2. The monoisotopic (exact) mass is 441 g/mol. The maximum atomic E-state index is 12.7. The van der Waals surface area contributed by atoms with Crippen LogP contribution in [0.15, 0.2) is 60.2 Å². The van der Waals surface area contributed by atoms with Gasteiger partial charge in [0.25, 0.3) is 0 Å². The van der Waals surface area contributed by atoms with Gasteiger partial charge in [-0.1, -0.05) is 24.3 Å². The number of hydrogen-bond acceptors (Lipinski definition) is 6. The van der Waals surface area contributed by atoms with Crippen LogP contribution in [-0.4, -0.2) is 35.1 Å². The van der Waals surface area contributed by atoms with E-state index in [1.165, 1.54) is 11.3 Å². The Morgan fingerprint density at radius 1 is 1.13 bits per heavy atom. The Hall–Kier alpha value is -3.24. The fraction of sp³-hybridized carbons (Fsp3) is 0.150. The molecular formula is C20H19N5O3S2. The number of nitrogens with zero attached hydrogens (tertiary/aromatic N) is 3. The Morgan fingerprint density at radius 2 is 1.87 bits per heavy atom. The molecule has 4 aromatic rings. The number of benzene rings is 2. The van der Waals surface area contributed by atoms with Crippen LogP contribution in [-0.2, 0) is 14.8 Å². The summed E-state index contributed by atoms with van der Waals surface area (Å²) >= 11 is 1.33. The number of carbonyl (C=O) groups is 1. The van der Waals surface area contributed by atoms with Gasteiger partial charge in [0.1, 0.15) is 6.04 Å². The van der Waals surface area contributed by atoms with Crippen molar-refractivity contribution in [2.75, 3.05) is 16.3 Å². The minimum Gasteiger partial charge on any atom is -0.318 e. The summed E-state index contributed by atoms with van der Waals surface area (Å²) < 4.78 is 26.9. The molecule has 0 fully saturated rings. The fourth-order valence-corrected chi connectivity index (χ4v) is 4.30. The normalized spacial score (nSPS) is 12.6. The molecule has 0 bridgehead atoms. The van der Waals surface area contributed by atoms with Crippen LogP contribution < -0.4 is 10.0 Å². The van der Waals surface area contributed by atoms with Gasteiger partial charge in [0, 0.05) is 16.6 Å². The third kappa shape index (κ3) is 4.34. The minimum atomic E-state index is -3.32. The van der Waals surface area contributed by atoms with Gasteiger partial charge < -0.3 is 9.88 Å². The van der Waals surface area contributed by atoms with E-state index < -0.39 is 16.1 Å². The summed E-state index contributed by atoms with van der Waals surface area (Å²) in [4.78, 5) is 21.5. The van der Waals surface area contributed by atoms with Crippen molar-refractivity contribution in [3.63, 3.8) is 0 Å². The van der Waals surface area contributed by atoms with Crippen LogP contribution in [0.5, 0.6) is 0 Å². The van der Waals surface area contributed by atoms with Crippen LogP contribution >= 0.6 is 11.3 Å². The van der Waals surface area contributed by atoms with E-state index >= 15 is 0 Å². The smallest absolute Gasteiger partial charge is 0.248 e. The average Bonchev–Trinajstić information content (AvgIpc) is 3.34. The molecule has 1 amide bonds. The topological polar surface area (TPSA) is 106 Å². The number of hydrogen-bond donors (Lipinski definition) is 2. The predicted molar refractivity (Wildman–Crippen MR) is 119 cm³/mol. The summed E-state index contributed by atoms with van der Waals surface area (Å²) in [6.45, 7) is 1.81. The highest BCUT2D eigenvalue weighted by Crippen LogP contribution is 2.27. The number of para-hydroxylation sites is 2. The second kappa shape index (κ2) is 7.88. The SMILES string of the molecule is CC(C(=O)Nc1nc(-c2ccc(NS(C)(=O)=O)cc2)cs1)n1cnc2ccccc21. The summed E-state index contributed by atoms with van der Waals surface area (Å²) in [5, 5.41) is 5.19. The maximum Gasteiger partial charge on any atom is 0.248 e. The molecule has 154 valence electrons. The van der Waals surface area contributed by atoms with Gasteiger partial charge in [-0.15, -0.1) is 11.3 Å². The van der Waals surface area contributed by atoms with Crippen molar-refractivity contribution < 1.29 is 13.2 Å². The van der Waals surface area contributed by atoms with E-state index in [0.29, 0.717) is 16.5 Å². The maximum absolute atomic E-state index is 12.7. The van der Waals surface area contributed by atoms with Gasteiger partial charge in [0.2, 0.25) is 15.9 Å². The van der Waals surface area contributed by atoms with E-state index in [1.807, 2.05) is 41.1 Å². The molecule has 10 heteroatoms. The first-order chi connectivity index (χ1) is 14.3. The van der Waals surface area contributed by atoms with Crippen LogP contribution in [0.25, 0.3) is 22.3 Å². The number of amides is 1. The van der Waals surface area contributed by atoms with E-state index in [2.05, 4.69) is 20.0 Å². The molecule has 0 spiro atoms. The predicted octanol–water partition coefficient (Wildman–Crippen LogP) is 3.73. The van der Waals surface area contributed by atoms with Gasteiger partial charge in [0.05, 0.1) is 29.3 Å². The van der Waals surface area contributed by atoms with Crippen LogP contribution in [0.4, 0.5) is 10.8 Å². The van der Waals surface area contributed by atoms with Crippen molar-refractivity contribution in [2.24, 2.45) is 0 Å². The molecule has 2 aromatic carbocycles. The van der Waals surface area contributed by atoms with Gasteiger partial charge in [0.15, 0.2) is 5.13 Å². The van der Waals surface area contributed by atoms with E-state index in [9.17, 15) is 13.2 Å². The number of aromatic nitrogens is 3. The molecule has 1 atom stereocenters. The molecule has 2 heterocycles. The van der Waals surface area contributed by atoms with Gasteiger partial charge in [-0.2, -0.15) is 0 Å². The Kier molecular flexibility index (Phi) is 5.27. The molecule has 0 aliphatic heterocycles. The van der Waals surface area contributed by atoms with Crippen molar-refractivity contribution in [1.82, 2.24) is 14.5 Å². The molecular weight excluding hydrogens is 422 g/mol. The van der Waals surface area contributed by atoms with Gasteiger partial charge in [-0.3, -0.25) is 9.52 Å². The van der Waals surface area contributed by atoms with E-state index in [4.69, 9.17) is 0 Å². The number of carbonyl (C=O) groups excluding carboxylic acids is 1. The quantitative estimate of drug-likeness (QED) is 0.474. The Labute approximate surface area is 177 Å².